The molecule has 1 saturated heterocycles. The summed E-state index contributed by atoms with van der Waals surface area (Å²) in [5, 5.41) is 4.44. The SMILES string of the molecule is NC(=O)C1CCN(C(=O)c2nn(-c3ccc(F)cc3)cc2OCc2ccccc2)CC1. The molecule has 2 aromatic carbocycles. The number of halogens is 1. The Hall–Kier alpha value is -3.68. The van der Waals surface area contributed by atoms with E-state index in [4.69, 9.17) is 10.5 Å². The van der Waals surface area contributed by atoms with Crippen molar-refractivity contribution in [3.8, 4) is 11.4 Å². The van der Waals surface area contributed by atoms with Crippen LogP contribution in [0.15, 0.2) is 60.8 Å². The third-order valence-corrected chi connectivity index (χ3v) is 5.40. The van der Waals surface area contributed by atoms with Crippen molar-refractivity contribution in [2.24, 2.45) is 11.7 Å². The minimum atomic E-state index is -0.356. The van der Waals surface area contributed by atoms with Gasteiger partial charge in [-0.05, 0) is 42.7 Å². The van der Waals surface area contributed by atoms with Gasteiger partial charge in [-0.25, -0.2) is 9.07 Å². The first-order valence-corrected chi connectivity index (χ1v) is 10.1. The quantitative estimate of drug-likeness (QED) is 0.661. The first-order valence-electron chi connectivity index (χ1n) is 10.1. The number of rotatable bonds is 6. The van der Waals surface area contributed by atoms with E-state index in [1.807, 2.05) is 30.3 Å². The second-order valence-electron chi connectivity index (χ2n) is 7.51. The van der Waals surface area contributed by atoms with E-state index in [0.717, 1.165) is 5.56 Å². The van der Waals surface area contributed by atoms with Crippen LogP contribution >= 0.6 is 0 Å². The number of hydrogen-bond acceptors (Lipinski definition) is 4. The summed E-state index contributed by atoms with van der Waals surface area (Å²) in [6.45, 7) is 1.13. The largest absolute Gasteiger partial charge is 0.485 e. The second kappa shape index (κ2) is 8.99. The van der Waals surface area contributed by atoms with Gasteiger partial charge in [0.25, 0.3) is 5.91 Å². The minimum Gasteiger partial charge on any atom is -0.485 e. The van der Waals surface area contributed by atoms with Gasteiger partial charge in [0.05, 0.1) is 11.9 Å². The molecule has 8 heteroatoms. The molecule has 31 heavy (non-hydrogen) atoms. The number of piperidine rings is 1. The van der Waals surface area contributed by atoms with Crippen molar-refractivity contribution in [2.45, 2.75) is 19.4 Å². The third-order valence-electron chi connectivity index (χ3n) is 5.40. The van der Waals surface area contributed by atoms with Gasteiger partial charge in [-0.2, -0.15) is 5.10 Å². The summed E-state index contributed by atoms with van der Waals surface area (Å²) in [5.41, 5.74) is 7.14. The van der Waals surface area contributed by atoms with Crippen LogP contribution in [0.3, 0.4) is 0 Å². The van der Waals surface area contributed by atoms with Crippen LogP contribution in [-0.2, 0) is 11.4 Å². The summed E-state index contributed by atoms with van der Waals surface area (Å²) in [4.78, 5) is 26.3. The lowest BCUT2D eigenvalue weighted by atomic mass is 9.96. The summed E-state index contributed by atoms with van der Waals surface area (Å²) >= 11 is 0. The molecular weight excluding hydrogens is 399 g/mol. The first kappa shape index (κ1) is 20.6. The lowest BCUT2D eigenvalue weighted by Gasteiger charge is -2.30. The number of nitrogens with zero attached hydrogens (tertiary/aromatic N) is 3. The highest BCUT2D eigenvalue weighted by molar-refractivity contribution is 5.95. The molecule has 1 aliphatic rings. The van der Waals surface area contributed by atoms with Crippen molar-refractivity contribution >= 4 is 11.8 Å². The predicted molar refractivity (Wildman–Crippen MR) is 112 cm³/mol. The van der Waals surface area contributed by atoms with Gasteiger partial charge in [0.2, 0.25) is 5.91 Å². The van der Waals surface area contributed by atoms with Gasteiger partial charge < -0.3 is 15.4 Å². The summed E-state index contributed by atoms with van der Waals surface area (Å²) in [7, 11) is 0. The Kier molecular flexibility index (Phi) is 5.97. The lowest BCUT2D eigenvalue weighted by molar-refractivity contribution is -0.123. The Labute approximate surface area is 179 Å². The summed E-state index contributed by atoms with van der Waals surface area (Å²) in [6.07, 6.45) is 2.68. The van der Waals surface area contributed by atoms with E-state index in [-0.39, 0.29) is 35.9 Å². The standard InChI is InChI=1S/C23H23FN4O3/c24-18-6-8-19(9-7-18)28-14-20(31-15-16-4-2-1-3-5-16)21(26-28)23(30)27-12-10-17(11-13-27)22(25)29/h1-9,14,17H,10-13,15H2,(H2,25,29). The molecule has 0 unspecified atom stereocenters. The predicted octanol–water partition coefficient (Wildman–Crippen LogP) is 2.93. The van der Waals surface area contributed by atoms with Gasteiger partial charge in [-0.15, -0.1) is 0 Å². The zero-order valence-electron chi connectivity index (χ0n) is 16.9. The Morgan fingerprint density at radius 1 is 1.06 bits per heavy atom. The molecule has 1 aromatic heterocycles. The van der Waals surface area contributed by atoms with Crippen LogP contribution in [-0.4, -0.2) is 39.6 Å². The molecule has 160 valence electrons. The van der Waals surface area contributed by atoms with Crippen LogP contribution in [0.1, 0.15) is 28.9 Å². The maximum absolute atomic E-state index is 13.3. The molecule has 2 N–H and O–H groups in total. The average molecular weight is 422 g/mol. The van der Waals surface area contributed by atoms with Gasteiger partial charge in [0.15, 0.2) is 11.4 Å². The summed E-state index contributed by atoms with van der Waals surface area (Å²) < 4.78 is 20.8. The maximum atomic E-state index is 13.3. The number of primary amides is 1. The van der Waals surface area contributed by atoms with Gasteiger partial charge in [0.1, 0.15) is 12.4 Å². The van der Waals surface area contributed by atoms with Crippen molar-refractivity contribution in [3.05, 3.63) is 77.9 Å². The Bertz CT molecular complexity index is 1060. The van der Waals surface area contributed by atoms with Crippen LogP contribution in [0.5, 0.6) is 5.75 Å². The highest BCUT2D eigenvalue weighted by Crippen LogP contribution is 2.25. The van der Waals surface area contributed by atoms with E-state index in [0.29, 0.717) is 37.4 Å². The fraction of sp³-hybridized carbons (Fsp3) is 0.261. The number of nitrogens with two attached hydrogens (primary N) is 1. The van der Waals surface area contributed by atoms with E-state index in [1.165, 1.54) is 16.8 Å². The van der Waals surface area contributed by atoms with Crippen LogP contribution < -0.4 is 10.5 Å². The number of hydrogen-bond donors (Lipinski definition) is 1. The van der Waals surface area contributed by atoms with E-state index in [1.54, 1.807) is 23.2 Å². The van der Waals surface area contributed by atoms with E-state index >= 15 is 0 Å². The van der Waals surface area contributed by atoms with E-state index in [2.05, 4.69) is 5.10 Å². The monoisotopic (exact) mass is 422 g/mol. The van der Waals surface area contributed by atoms with Gasteiger partial charge in [-0.3, -0.25) is 9.59 Å². The van der Waals surface area contributed by atoms with Gasteiger partial charge in [-0.1, -0.05) is 30.3 Å². The maximum Gasteiger partial charge on any atom is 0.278 e. The molecular formula is C23H23FN4O3. The molecule has 0 atom stereocenters. The fourth-order valence-corrected chi connectivity index (χ4v) is 3.59. The molecule has 4 rings (SSSR count). The second-order valence-corrected chi connectivity index (χ2v) is 7.51. The summed E-state index contributed by atoms with van der Waals surface area (Å²) in [6, 6.07) is 15.4. The number of likely N-dealkylation sites (tertiary alicyclic amines) is 1. The van der Waals surface area contributed by atoms with Crippen LogP contribution in [0.2, 0.25) is 0 Å². The molecule has 1 aliphatic heterocycles. The minimum absolute atomic E-state index is 0.179. The molecule has 7 nitrogen and oxygen atoms in total. The van der Waals surface area contributed by atoms with Crippen molar-refractivity contribution in [2.75, 3.05) is 13.1 Å². The van der Waals surface area contributed by atoms with Crippen molar-refractivity contribution in [3.63, 3.8) is 0 Å². The molecule has 2 heterocycles. The number of benzene rings is 2. The average Bonchev–Trinajstić information content (AvgIpc) is 3.22. The normalized spacial score (nSPS) is 14.4. The zero-order chi connectivity index (χ0) is 21.8. The number of ether oxygens (including phenoxy) is 1. The molecule has 3 aromatic rings. The molecule has 0 bridgehead atoms. The molecule has 1 fully saturated rings. The fourth-order valence-electron chi connectivity index (χ4n) is 3.59. The Morgan fingerprint density at radius 3 is 2.39 bits per heavy atom. The smallest absolute Gasteiger partial charge is 0.278 e. The highest BCUT2D eigenvalue weighted by atomic mass is 19.1. The van der Waals surface area contributed by atoms with Crippen LogP contribution in [0.25, 0.3) is 5.69 Å². The van der Waals surface area contributed by atoms with Crippen molar-refractivity contribution in [1.82, 2.24) is 14.7 Å². The molecule has 2 amide bonds. The van der Waals surface area contributed by atoms with Crippen LogP contribution in [0, 0.1) is 11.7 Å². The van der Waals surface area contributed by atoms with Gasteiger partial charge in [0, 0.05) is 19.0 Å². The number of carbonyl (C=O) groups is 2. The Balaban J connectivity index is 1.58. The number of aromatic nitrogens is 2. The molecule has 0 saturated carbocycles. The number of carbonyl (C=O) groups excluding carboxylic acids is 2. The van der Waals surface area contributed by atoms with E-state index < -0.39 is 0 Å². The lowest BCUT2D eigenvalue weighted by Crippen LogP contribution is -2.42. The highest BCUT2D eigenvalue weighted by Gasteiger charge is 2.30. The van der Waals surface area contributed by atoms with Gasteiger partial charge >= 0.3 is 0 Å². The van der Waals surface area contributed by atoms with E-state index in [9.17, 15) is 14.0 Å². The topological polar surface area (TPSA) is 90.5 Å². The third kappa shape index (κ3) is 4.74. The van der Waals surface area contributed by atoms with Crippen molar-refractivity contribution in [1.29, 1.82) is 0 Å². The summed E-state index contributed by atoms with van der Waals surface area (Å²) in [5.74, 6) is -0.832. The van der Waals surface area contributed by atoms with Crippen molar-refractivity contribution < 1.29 is 18.7 Å². The zero-order valence-corrected chi connectivity index (χ0v) is 16.9. The molecule has 0 spiro atoms. The molecule has 0 aliphatic carbocycles. The first-order chi connectivity index (χ1) is 15.0. The number of amides is 2. The molecule has 0 radical (unpaired) electrons. The Morgan fingerprint density at radius 2 is 1.74 bits per heavy atom. The van der Waals surface area contributed by atoms with Crippen LogP contribution in [0.4, 0.5) is 4.39 Å².